The molecule has 192 valence electrons. The van der Waals surface area contributed by atoms with Crippen LogP contribution in [0.15, 0.2) is 41.0 Å². The Morgan fingerprint density at radius 1 is 1.14 bits per heavy atom. The molecular formula is C23H25ClN4O7S. The highest BCUT2D eigenvalue weighted by atomic mass is 35.5. The number of rotatable bonds is 6. The van der Waals surface area contributed by atoms with Crippen LogP contribution in [0.5, 0.6) is 5.75 Å². The number of nitrogens with zero attached hydrogens (tertiary/aromatic N) is 3. The molecular weight excluding hydrogens is 512 g/mol. The van der Waals surface area contributed by atoms with Gasteiger partial charge in [-0.3, -0.25) is 14.3 Å². The average Bonchev–Trinajstić information content (AvgIpc) is 3.26. The molecule has 11 nitrogen and oxygen atoms in total. The fourth-order valence-corrected chi connectivity index (χ4v) is 5.38. The molecule has 3 heterocycles. The summed E-state index contributed by atoms with van der Waals surface area (Å²) >= 11 is 0. The molecule has 1 fully saturated rings. The number of hydrogen-bond acceptors (Lipinski definition) is 10. The number of anilines is 1. The molecule has 1 saturated heterocycles. The molecule has 2 aromatic carbocycles. The molecule has 2 aliphatic heterocycles. The van der Waals surface area contributed by atoms with E-state index in [1.807, 2.05) is 18.2 Å². The minimum absolute atomic E-state index is 0. The van der Waals surface area contributed by atoms with E-state index in [1.54, 1.807) is 6.07 Å². The zero-order chi connectivity index (χ0) is 24.6. The highest BCUT2D eigenvalue weighted by Crippen LogP contribution is 2.40. The zero-order valence-electron chi connectivity index (χ0n) is 19.4. The van der Waals surface area contributed by atoms with Crippen molar-refractivity contribution in [1.82, 2.24) is 15.2 Å². The first kappa shape index (κ1) is 25.9. The highest BCUT2D eigenvalue weighted by Gasteiger charge is 2.43. The van der Waals surface area contributed by atoms with E-state index in [2.05, 4.69) is 24.1 Å². The van der Waals surface area contributed by atoms with Crippen LogP contribution in [0, 0.1) is 0 Å². The maximum absolute atomic E-state index is 13.0. The summed E-state index contributed by atoms with van der Waals surface area (Å²) in [6, 6.07) is 10.4. The maximum atomic E-state index is 13.0. The standard InChI is InChI=1S/C23H24N4O7S.ClH/c1-15(28)33-35(30,31)26-17-3-5-22-18(13-17)21(29)14-23(32-22)7-10-27(11-8-23)9-6-16-2-4-19-20(12-16)25-34-24-19;/h2-5,12-13,26H,6-11,14H2,1H3;1H. The molecule has 0 bridgehead atoms. The number of nitrogens with one attached hydrogen (secondary N) is 1. The average molecular weight is 537 g/mol. The minimum atomic E-state index is -4.31. The summed E-state index contributed by atoms with van der Waals surface area (Å²) < 4.78 is 41.1. The predicted molar refractivity (Wildman–Crippen MR) is 131 cm³/mol. The summed E-state index contributed by atoms with van der Waals surface area (Å²) in [6.45, 7) is 3.47. The molecule has 0 amide bonds. The van der Waals surface area contributed by atoms with E-state index in [0.29, 0.717) is 24.2 Å². The topological polar surface area (TPSA) is 141 Å². The third kappa shape index (κ3) is 5.61. The van der Waals surface area contributed by atoms with Crippen molar-refractivity contribution in [2.75, 3.05) is 24.4 Å². The Morgan fingerprint density at radius 2 is 1.89 bits per heavy atom. The fraction of sp³-hybridized carbons (Fsp3) is 0.391. The smallest absolute Gasteiger partial charge is 0.409 e. The number of benzene rings is 2. The molecule has 1 spiro atoms. The third-order valence-corrected chi connectivity index (χ3v) is 7.30. The molecule has 0 saturated carbocycles. The van der Waals surface area contributed by atoms with E-state index in [1.165, 1.54) is 12.1 Å². The van der Waals surface area contributed by atoms with Crippen LogP contribution in [0.1, 0.15) is 42.1 Å². The van der Waals surface area contributed by atoms with Crippen LogP contribution in [-0.2, 0) is 25.7 Å². The Morgan fingerprint density at radius 3 is 2.64 bits per heavy atom. The summed E-state index contributed by atoms with van der Waals surface area (Å²) in [6.07, 6.45) is 2.52. The second kappa shape index (κ2) is 10.0. The number of hydrogen-bond donors (Lipinski definition) is 1. The van der Waals surface area contributed by atoms with Gasteiger partial charge in [-0.15, -0.1) is 12.4 Å². The van der Waals surface area contributed by atoms with Gasteiger partial charge in [-0.25, -0.2) is 4.63 Å². The second-order valence-electron chi connectivity index (χ2n) is 8.91. The maximum Gasteiger partial charge on any atom is 0.409 e. The zero-order valence-corrected chi connectivity index (χ0v) is 21.1. The van der Waals surface area contributed by atoms with Crippen molar-refractivity contribution >= 4 is 51.2 Å². The van der Waals surface area contributed by atoms with E-state index in [9.17, 15) is 18.0 Å². The van der Waals surface area contributed by atoms with Crippen LogP contribution in [0.25, 0.3) is 11.0 Å². The molecule has 2 aliphatic rings. The molecule has 0 atom stereocenters. The quantitative estimate of drug-likeness (QED) is 0.499. The lowest BCUT2D eigenvalue weighted by Gasteiger charge is -2.44. The molecule has 0 aliphatic carbocycles. The van der Waals surface area contributed by atoms with Gasteiger partial charge in [0.25, 0.3) is 0 Å². The number of Topliss-reactive ketones (excluding diaryl/α,β-unsaturated/α-hetero) is 1. The highest BCUT2D eigenvalue weighted by molar-refractivity contribution is 7.88. The first-order chi connectivity index (χ1) is 16.7. The van der Waals surface area contributed by atoms with Crippen molar-refractivity contribution in [3.63, 3.8) is 0 Å². The van der Waals surface area contributed by atoms with Crippen molar-refractivity contribution in [3.8, 4) is 5.75 Å². The molecule has 5 rings (SSSR count). The largest absolute Gasteiger partial charge is 0.486 e. The Kier molecular flexibility index (Phi) is 7.21. The summed E-state index contributed by atoms with van der Waals surface area (Å²) in [5.41, 5.74) is 2.50. The predicted octanol–water partition coefficient (Wildman–Crippen LogP) is 2.91. The molecule has 0 unspecified atom stereocenters. The van der Waals surface area contributed by atoms with Gasteiger partial charge in [-0.05, 0) is 52.6 Å². The molecule has 1 aromatic heterocycles. The molecule has 0 radical (unpaired) electrons. The summed E-state index contributed by atoms with van der Waals surface area (Å²) in [7, 11) is -4.31. The Balaban J connectivity index is 0.00000304. The Hall–Kier alpha value is -3.22. The van der Waals surface area contributed by atoms with E-state index in [-0.39, 0.29) is 30.3 Å². The lowest BCUT2D eigenvalue weighted by molar-refractivity contribution is -0.131. The molecule has 36 heavy (non-hydrogen) atoms. The van der Waals surface area contributed by atoms with E-state index >= 15 is 0 Å². The molecule has 1 N–H and O–H groups in total. The van der Waals surface area contributed by atoms with E-state index in [0.717, 1.165) is 49.6 Å². The lowest BCUT2D eigenvalue weighted by Crippen LogP contribution is -2.51. The lowest BCUT2D eigenvalue weighted by atomic mass is 9.82. The van der Waals surface area contributed by atoms with Gasteiger partial charge in [-0.2, -0.15) is 8.42 Å². The van der Waals surface area contributed by atoms with Crippen molar-refractivity contribution < 1.29 is 31.6 Å². The third-order valence-electron chi connectivity index (χ3n) is 6.36. The van der Waals surface area contributed by atoms with E-state index < -0.39 is 21.9 Å². The van der Waals surface area contributed by atoms with Gasteiger partial charge in [0, 0.05) is 39.4 Å². The minimum Gasteiger partial charge on any atom is -0.486 e. The fourth-order valence-electron chi connectivity index (χ4n) is 4.61. The van der Waals surface area contributed by atoms with E-state index in [4.69, 9.17) is 9.37 Å². The number of fused-ring (bicyclic) bond motifs is 2. The number of ether oxygens (including phenoxy) is 1. The molecule has 13 heteroatoms. The number of ketones is 1. The van der Waals surface area contributed by atoms with Crippen LogP contribution < -0.4 is 9.46 Å². The number of halogens is 1. The van der Waals surface area contributed by atoms with Gasteiger partial charge in [0.15, 0.2) is 5.78 Å². The van der Waals surface area contributed by atoms with Gasteiger partial charge >= 0.3 is 16.3 Å². The SMILES string of the molecule is CC(=O)OS(=O)(=O)Nc1ccc2c(c1)C(=O)CC1(CCN(CCc3ccc4nonc4c3)CC1)O2.Cl. The van der Waals surface area contributed by atoms with Crippen LogP contribution in [-0.4, -0.2) is 60.6 Å². The van der Waals surface area contributed by atoms with Crippen LogP contribution >= 0.6 is 12.4 Å². The monoisotopic (exact) mass is 536 g/mol. The Bertz CT molecular complexity index is 1400. The first-order valence-electron chi connectivity index (χ1n) is 11.2. The summed E-state index contributed by atoms with van der Waals surface area (Å²) in [4.78, 5) is 26.3. The van der Waals surface area contributed by atoms with Gasteiger partial charge in [0.05, 0.1) is 17.7 Å². The van der Waals surface area contributed by atoms with Crippen LogP contribution in [0.2, 0.25) is 0 Å². The number of aromatic nitrogens is 2. The van der Waals surface area contributed by atoms with Gasteiger partial charge < -0.3 is 13.8 Å². The summed E-state index contributed by atoms with van der Waals surface area (Å²) in [5.74, 6) is -0.640. The second-order valence-corrected chi connectivity index (χ2v) is 10.2. The number of carbonyl (C=O) groups is 2. The molecule has 3 aromatic rings. The van der Waals surface area contributed by atoms with Crippen molar-refractivity contribution in [2.24, 2.45) is 0 Å². The van der Waals surface area contributed by atoms with Crippen molar-refractivity contribution in [3.05, 3.63) is 47.5 Å². The number of carbonyl (C=O) groups excluding carboxylic acids is 2. The van der Waals surface area contributed by atoms with Gasteiger partial charge in [-0.1, -0.05) is 6.07 Å². The summed E-state index contributed by atoms with van der Waals surface area (Å²) in [5, 5.41) is 7.71. The number of likely N-dealkylation sites (tertiary alicyclic amines) is 1. The van der Waals surface area contributed by atoms with Crippen LogP contribution in [0.4, 0.5) is 5.69 Å². The first-order valence-corrected chi connectivity index (χ1v) is 12.6. The van der Waals surface area contributed by atoms with Gasteiger partial charge in [0.2, 0.25) is 0 Å². The normalized spacial score (nSPS) is 17.2. The number of piperidine rings is 1. The van der Waals surface area contributed by atoms with Crippen molar-refractivity contribution in [2.45, 2.75) is 38.2 Å². The van der Waals surface area contributed by atoms with Crippen molar-refractivity contribution in [1.29, 1.82) is 0 Å². The van der Waals surface area contributed by atoms with Gasteiger partial charge in [0.1, 0.15) is 22.4 Å². The Labute approximate surface area is 213 Å². The van der Waals surface area contributed by atoms with Crippen LogP contribution in [0.3, 0.4) is 0 Å².